The number of rotatable bonds is 6. The van der Waals surface area contributed by atoms with E-state index in [0.717, 1.165) is 55.6 Å². The first-order valence-corrected chi connectivity index (χ1v) is 13.3. The second kappa shape index (κ2) is 8.48. The van der Waals surface area contributed by atoms with E-state index >= 15 is 0 Å². The van der Waals surface area contributed by atoms with E-state index in [1.165, 1.54) is 36.0 Å². The van der Waals surface area contributed by atoms with Crippen LogP contribution in [0.15, 0.2) is 47.5 Å². The van der Waals surface area contributed by atoms with Crippen molar-refractivity contribution in [2.45, 2.75) is 82.9 Å². The van der Waals surface area contributed by atoms with E-state index in [9.17, 15) is 4.79 Å². The molecule has 2 aromatic carbocycles. The van der Waals surface area contributed by atoms with Gasteiger partial charge < -0.3 is 10.5 Å². The van der Waals surface area contributed by atoms with Crippen LogP contribution in [0.3, 0.4) is 0 Å². The molecule has 0 radical (unpaired) electrons. The zero-order chi connectivity index (χ0) is 24.2. The first-order valence-electron chi connectivity index (χ1n) is 13.3. The van der Waals surface area contributed by atoms with Gasteiger partial charge in [0.15, 0.2) is 11.5 Å². The lowest BCUT2D eigenvalue weighted by Crippen LogP contribution is -2.52. The van der Waals surface area contributed by atoms with E-state index in [-0.39, 0.29) is 17.4 Å². The fourth-order valence-corrected chi connectivity index (χ4v) is 6.87. The van der Waals surface area contributed by atoms with E-state index in [1.807, 2.05) is 0 Å². The number of nitrogens with two attached hydrogens (primary N) is 1. The number of methoxy groups -OCH3 is 1. The van der Waals surface area contributed by atoms with Crippen molar-refractivity contribution in [3.05, 3.63) is 70.3 Å². The van der Waals surface area contributed by atoms with E-state index in [4.69, 9.17) is 15.5 Å². The number of benzene rings is 2. The number of guanidine groups is 1. The summed E-state index contributed by atoms with van der Waals surface area (Å²) in [5.74, 6) is 1.31. The maximum atomic E-state index is 14.5. The van der Waals surface area contributed by atoms with Crippen LogP contribution in [0.5, 0.6) is 0 Å². The average molecular weight is 472 g/mol. The molecule has 1 heterocycles. The summed E-state index contributed by atoms with van der Waals surface area (Å²) in [5, 5.41) is 0. The largest absolute Gasteiger partial charge is 0.381 e. The number of hydrogen-bond acceptors (Lipinski definition) is 4. The Morgan fingerprint density at radius 2 is 1.77 bits per heavy atom. The Kier molecular flexibility index (Phi) is 5.52. The number of nitrogens with zero attached hydrogens (tertiary/aromatic N) is 2. The Bertz CT molecular complexity index is 1160. The minimum atomic E-state index is -0.911. The van der Waals surface area contributed by atoms with Crippen LogP contribution < -0.4 is 5.73 Å². The molecule has 35 heavy (non-hydrogen) atoms. The summed E-state index contributed by atoms with van der Waals surface area (Å²) < 4.78 is 5.70. The van der Waals surface area contributed by atoms with E-state index in [1.54, 1.807) is 12.0 Å². The standard InChI is InChI=1S/C30H37N3O2/c1-20-3-5-23(6-4-20)19-33-27(34)30(32-28(33)31)26-17-22(10-9-21-7-8-21)11-12-24(26)18-29(30)15-13-25(35-2)14-16-29/h3-6,11-12,17,21,25H,7-10,13-16,18-19H2,1-2H3,(H2,31,32). The third-order valence-corrected chi connectivity index (χ3v) is 9.20. The van der Waals surface area contributed by atoms with Gasteiger partial charge in [-0.2, -0.15) is 0 Å². The molecular weight excluding hydrogens is 434 g/mol. The highest BCUT2D eigenvalue weighted by Gasteiger charge is 2.66. The summed E-state index contributed by atoms with van der Waals surface area (Å²) in [6, 6.07) is 15.2. The SMILES string of the molecule is COC1CCC2(CC1)Cc1ccc(CCC3CC3)cc1C21N=C(N)N(Cc2ccc(C)cc2)C1=O. The summed E-state index contributed by atoms with van der Waals surface area (Å²) in [7, 11) is 1.80. The first-order chi connectivity index (χ1) is 16.9. The highest BCUT2D eigenvalue weighted by atomic mass is 16.5. The normalized spacial score (nSPS) is 29.8. The Balaban J connectivity index is 1.39. The van der Waals surface area contributed by atoms with Crippen LogP contribution >= 0.6 is 0 Å². The smallest absolute Gasteiger partial charge is 0.262 e. The molecule has 1 amide bonds. The Hall–Kier alpha value is -2.66. The van der Waals surface area contributed by atoms with Crippen LogP contribution in [0.1, 0.15) is 72.8 Å². The zero-order valence-electron chi connectivity index (χ0n) is 21.1. The van der Waals surface area contributed by atoms with Crippen molar-refractivity contribution in [2.75, 3.05) is 7.11 Å². The minimum absolute atomic E-state index is 0.0598. The van der Waals surface area contributed by atoms with Gasteiger partial charge in [0.05, 0.1) is 12.6 Å². The van der Waals surface area contributed by atoms with Crippen LogP contribution in [0.2, 0.25) is 0 Å². The second-order valence-electron chi connectivity index (χ2n) is 11.4. The molecule has 0 aromatic heterocycles. The van der Waals surface area contributed by atoms with Gasteiger partial charge in [0, 0.05) is 12.5 Å². The number of hydrogen-bond donors (Lipinski definition) is 1. The first kappa shape index (κ1) is 22.8. The van der Waals surface area contributed by atoms with Crippen molar-refractivity contribution in [1.29, 1.82) is 0 Å². The Morgan fingerprint density at radius 1 is 1.06 bits per heavy atom. The maximum Gasteiger partial charge on any atom is 0.262 e. The number of ether oxygens (including phenoxy) is 1. The number of carbonyl (C=O) groups is 1. The predicted molar refractivity (Wildman–Crippen MR) is 138 cm³/mol. The highest BCUT2D eigenvalue weighted by Crippen LogP contribution is 2.62. The van der Waals surface area contributed by atoms with Crippen LogP contribution in [-0.2, 0) is 34.5 Å². The molecule has 0 bridgehead atoms. The molecule has 1 aliphatic heterocycles. The number of aliphatic imine (C=N–C) groups is 1. The molecule has 2 N–H and O–H groups in total. The molecule has 2 spiro atoms. The predicted octanol–water partition coefficient (Wildman–Crippen LogP) is 5.02. The minimum Gasteiger partial charge on any atom is -0.381 e. The van der Waals surface area contributed by atoms with Crippen molar-refractivity contribution in [3.8, 4) is 0 Å². The molecule has 6 rings (SSSR count). The molecule has 5 nitrogen and oxygen atoms in total. The van der Waals surface area contributed by atoms with E-state index < -0.39 is 5.54 Å². The molecule has 3 aliphatic carbocycles. The summed E-state index contributed by atoms with van der Waals surface area (Å²) >= 11 is 0. The van der Waals surface area contributed by atoms with Crippen molar-refractivity contribution >= 4 is 11.9 Å². The number of aryl methyl sites for hydroxylation is 2. The van der Waals surface area contributed by atoms with Gasteiger partial charge in [-0.05, 0) is 80.0 Å². The number of carbonyl (C=O) groups excluding carboxylic acids is 1. The van der Waals surface area contributed by atoms with Gasteiger partial charge in [0.2, 0.25) is 0 Å². The van der Waals surface area contributed by atoms with Crippen molar-refractivity contribution in [2.24, 2.45) is 22.1 Å². The van der Waals surface area contributed by atoms with E-state index in [0.29, 0.717) is 12.5 Å². The van der Waals surface area contributed by atoms with Crippen molar-refractivity contribution in [3.63, 3.8) is 0 Å². The van der Waals surface area contributed by atoms with Crippen molar-refractivity contribution in [1.82, 2.24) is 4.90 Å². The number of fused-ring (bicyclic) bond motifs is 3. The van der Waals surface area contributed by atoms with Crippen molar-refractivity contribution < 1.29 is 9.53 Å². The van der Waals surface area contributed by atoms with Crippen LogP contribution in [0.4, 0.5) is 0 Å². The highest BCUT2D eigenvalue weighted by molar-refractivity contribution is 6.08. The summed E-state index contributed by atoms with van der Waals surface area (Å²) in [5.41, 5.74) is 11.4. The molecule has 0 saturated heterocycles. The monoisotopic (exact) mass is 471 g/mol. The van der Waals surface area contributed by atoms with Gasteiger partial charge in [0.1, 0.15) is 0 Å². The van der Waals surface area contributed by atoms with Gasteiger partial charge in [-0.1, -0.05) is 60.9 Å². The molecule has 2 aromatic rings. The van der Waals surface area contributed by atoms with Gasteiger partial charge in [-0.25, -0.2) is 4.99 Å². The summed E-state index contributed by atoms with van der Waals surface area (Å²) in [6.45, 7) is 2.54. The van der Waals surface area contributed by atoms with E-state index in [2.05, 4.69) is 49.4 Å². The van der Waals surface area contributed by atoms with Gasteiger partial charge in [-0.3, -0.25) is 9.69 Å². The fourth-order valence-electron chi connectivity index (χ4n) is 6.87. The lowest BCUT2D eigenvalue weighted by atomic mass is 9.61. The molecule has 4 aliphatic rings. The quantitative estimate of drug-likeness (QED) is 0.643. The van der Waals surface area contributed by atoms with Gasteiger partial charge in [-0.15, -0.1) is 0 Å². The Labute approximate surface area is 208 Å². The lowest BCUT2D eigenvalue weighted by Gasteiger charge is -2.45. The topological polar surface area (TPSA) is 67.9 Å². The lowest BCUT2D eigenvalue weighted by molar-refractivity contribution is -0.138. The molecule has 2 fully saturated rings. The third-order valence-electron chi connectivity index (χ3n) is 9.20. The molecule has 184 valence electrons. The molecule has 1 unspecified atom stereocenters. The summed E-state index contributed by atoms with van der Waals surface area (Å²) in [4.78, 5) is 21.4. The van der Waals surface area contributed by atoms with Crippen LogP contribution in [0.25, 0.3) is 0 Å². The second-order valence-corrected chi connectivity index (χ2v) is 11.4. The summed E-state index contributed by atoms with van der Waals surface area (Å²) in [6.07, 6.45) is 9.98. The fraction of sp³-hybridized carbons (Fsp3) is 0.533. The Morgan fingerprint density at radius 3 is 2.46 bits per heavy atom. The average Bonchev–Trinajstić information content (AvgIpc) is 3.62. The zero-order valence-corrected chi connectivity index (χ0v) is 21.1. The molecule has 2 saturated carbocycles. The van der Waals surface area contributed by atoms with Gasteiger partial charge >= 0.3 is 0 Å². The van der Waals surface area contributed by atoms with Crippen LogP contribution in [-0.4, -0.2) is 30.0 Å². The molecule has 5 heteroatoms. The van der Waals surface area contributed by atoms with Crippen LogP contribution in [0, 0.1) is 18.3 Å². The molecular formula is C30H37N3O2. The third kappa shape index (κ3) is 3.70. The molecule has 1 atom stereocenters. The number of amides is 1. The maximum absolute atomic E-state index is 14.5. The van der Waals surface area contributed by atoms with Gasteiger partial charge in [0.25, 0.3) is 5.91 Å².